The Balaban J connectivity index is 1.79. The van der Waals surface area contributed by atoms with Crippen molar-refractivity contribution in [2.24, 2.45) is 10.8 Å². The van der Waals surface area contributed by atoms with E-state index in [9.17, 15) is 19.5 Å². The van der Waals surface area contributed by atoms with Gasteiger partial charge in [-0.3, -0.25) is 9.59 Å². The molecule has 0 spiro atoms. The Morgan fingerprint density at radius 2 is 1.49 bits per heavy atom. The molecule has 1 aliphatic heterocycles. The van der Waals surface area contributed by atoms with Crippen LogP contribution in [-0.4, -0.2) is 34.7 Å². The Bertz CT molecular complexity index is 1450. The first kappa shape index (κ1) is 26.9. The highest BCUT2D eigenvalue weighted by Crippen LogP contribution is 2.55. The largest absolute Gasteiger partial charge is 0.496 e. The number of carboxylic acid groups (broad SMARTS) is 1. The first-order valence-electron chi connectivity index (χ1n) is 13.3. The number of carboxylic acids is 1. The third kappa shape index (κ3) is 4.58. The maximum atomic E-state index is 13.8. The maximum absolute atomic E-state index is 13.8. The Morgan fingerprint density at radius 3 is 2.00 bits per heavy atom. The first-order chi connectivity index (χ1) is 18.2. The number of hydrogen-bond acceptors (Lipinski definition) is 6. The van der Waals surface area contributed by atoms with Gasteiger partial charge in [-0.25, -0.2) is 9.78 Å². The molecule has 39 heavy (non-hydrogen) atoms. The minimum Gasteiger partial charge on any atom is -0.496 e. The SMILES string of the molecule is COc1ccc(-c2ccc(C)c(C(=O)O)n2)c(C)c1C1C2=C(CC(C)(C)CC2=O)OC2=C1C(=O)CC(C)(C)C2. The molecule has 3 aliphatic rings. The van der Waals surface area contributed by atoms with E-state index in [1.165, 1.54) is 0 Å². The van der Waals surface area contributed by atoms with Gasteiger partial charge in [0.1, 0.15) is 17.3 Å². The summed E-state index contributed by atoms with van der Waals surface area (Å²) in [4.78, 5) is 43.8. The maximum Gasteiger partial charge on any atom is 0.354 e. The second kappa shape index (κ2) is 9.18. The molecule has 1 N–H and O–H groups in total. The zero-order chi connectivity index (χ0) is 28.4. The number of methoxy groups -OCH3 is 1. The number of benzene rings is 1. The van der Waals surface area contributed by atoms with Crippen LogP contribution in [0, 0.1) is 24.7 Å². The summed E-state index contributed by atoms with van der Waals surface area (Å²) < 4.78 is 12.3. The summed E-state index contributed by atoms with van der Waals surface area (Å²) in [6, 6.07) is 7.19. The summed E-state index contributed by atoms with van der Waals surface area (Å²) in [5.41, 5.74) is 3.82. The molecule has 0 unspecified atom stereocenters. The van der Waals surface area contributed by atoms with Gasteiger partial charge in [-0.15, -0.1) is 0 Å². The van der Waals surface area contributed by atoms with Crippen LogP contribution in [0.5, 0.6) is 5.75 Å². The first-order valence-corrected chi connectivity index (χ1v) is 13.3. The van der Waals surface area contributed by atoms with Crippen molar-refractivity contribution < 1.29 is 29.0 Å². The van der Waals surface area contributed by atoms with E-state index in [4.69, 9.17) is 9.47 Å². The molecular weight excluding hydrogens is 494 g/mol. The van der Waals surface area contributed by atoms with E-state index in [0.717, 1.165) is 16.7 Å². The van der Waals surface area contributed by atoms with Crippen LogP contribution in [0.1, 0.15) is 86.5 Å². The number of allylic oxidation sites excluding steroid dienone is 4. The lowest BCUT2D eigenvalue weighted by Crippen LogP contribution is -2.38. The number of carbonyl (C=O) groups is 3. The summed E-state index contributed by atoms with van der Waals surface area (Å²) in [6.07, 6.45) is 1.91. The predicted molar refractivity (Wildman–Crippen MR) is 147 cm³/mol. The second-order valence-electron chi connectivity index (χ2n) is 12.6. The fraction of sp³-hybridized carbons (Fsp3) is 0.438. The van der Waals surface area contributed by atoms with Crippen LogP contribution in [-0.2, 0) is 14.3 Å². The molecule has 1 aromatic heterocycles. The average molecular weight is 530 g/mol. The molecule has 0 fully saturated rings. The average Bonchev–Trinajstić information content (AvgIpc) is 2.81. The number of carbonyl (C=O) groups excluding carboxylic acids is 2. The highest BCUT2D eigenvalue weighted by atomic mass is 16.5. The fourth-order valence-corrected chi connectivity index (χ4v) is 6.38. The second-order valence-corrected chi connectivity index (χ2v) is 12.6. The molecule has 0 saturated carbocycles. The van der Waals surface area contributed by atoms with Crippen molar-refractivity contribution in [1.82, 2.24) is 4.98 Å². The molecule has 2 heterocycles. The lowest BCUT2D eigenvalue weighted by molar-refractivity contribution is -0.120. The third-order valence-electron chi connectivity index (χ3n) is 8.14. The van der Waals surface area contributed by atoms with Gasteiger partial charge < -0.3 is 14.6 Å². The lowest BCUT2D eigenvalue weighted by Gasteiger charge is -2.43. The zero-order valence-electron chi connectivity index (χ0n) is 23.7. The standard InChI is InChI=1S/C32H35NO6/c1-16-8-10-19(33-29(16)30(36)37)18-9-11-22(38-7)25(17(18)2)28-26-20(34)12-31(3,4)14-23(26)39-24-15-32(5,6)13-21(35)27(24)28/h8-11,28H,12-15H2,1-7H3,(H,36,37). The molecule has 0 bridgehead atoms. The summed E-state index contributed by atoms with van der Waals surface area (Å²) in [6.45, 7) is 11.9. The summed E-state index contributed by atoms with van der Waals surface area (Å²) in [5.74, 6) is 0.0596. The van der Waals surface area contributed by atoms with E-state index in [1.807, 2.05) is 19.1 Å². The van der Waals surface area contributed by atoms with E-state index < -0.39 is 11.9 Å². The number of ketones is 2. The number of Topliss-reactive ketones (excluding diaryl/α,β-unsaturated/α-hetero) is 2. The Labute approximate surface area is 228 Å². The number of nitrogens with zero attached hydrogens (tertiary/aromatic N) is 1. The number of pyridine rings is 1. The van der Waals surface area contributed by atoms with Crippen molar-refractivity contribution >= 4 is 17.5 Å². The van der Waals surface area contributed by atoms with Gasteiger partial charge in [-0.05, 0) is 54.0 Å². The normalized spacial score (nSPS) is 20.4. The van der Waals surface area contributed by atoms with Crippen molar-refractivity contribution in [1.29, 1.82) is 0 Å². The molecule has 2 aliphatic carbocycles. The molecule has 7 heteroatoms. The van der Waals surface area contributed by atoms with Gasteiger partial charge in [0.2, 0.25) is 0 Å². The van der Waals surface area contributed by atoms with Crippen LogP contribution >= 0.6 is 0 Å². The van der Waals surface area contributed by atoms with Gasteiger partial charge in [0.15, 0.2) is 17.3 Å². The van der Waals surface area contributed by atoms with Gasteiger partial charge in [0.25, 0.3) is 0 Å². The molecular formula is C32H35NO6. The van der Waals surface area contributed by atoms with Gasteiger partial charge in [0.05, 0.1) is 18.7 Å². The minimum absolute atomic E-state index is 0.0142. The number of ether oxygens (including phenoxy) is 2. The fourth-order valence-electron chi connectivity index (χ4n) is 6.38. The topological polar surface area (TPSA) is 103 Å². The molecule has 0 amide bonds. The van der Waals surface area contributed by atoms with Crippen LogP contribution in [0.4, 0.5) is 0 Å². The van der Waals surface area contributed by atoms with Gasteiger partial charge >= 0.3 is 5.97 Å². The van der Waals surface area contributed by atoms with Crippen molar-refractivity contribution in [3.05, 3.63) is 69.3 Å². The number of aromatic nitrogens is 1. The highest BCUT2D eigenvalue weighted by Gasteiger charge is 2.49. The summed E-state index contributed by atoms with van der Waals surface area (Å²) >= 11 is 0. The highest BCUT2D eigenvalue weighted by molar-refractivity contribution is 6.06. The minimum atomic E-state index is -1.10. The van der Waals surface area contributed by atoms with Crippen LogP contribution in [0.2, 0.25) is 0 Å². The van der Waals surface area contributed by atoms with Crippen molar-refractivity contribution in [3.8, 4) is 17.0 Å². The van der Waals surface area contributed by atoms with Gasteiger partial charge in [-0.1, -0.05) is 33.8 Å². The number of hydrogen-bond donors (Lipinski definition) is 1. The van der Waals surface area contributed by atoms with Crippen molar-refractivity contribution in [2.45, 2.75) is 73.1 Å². The summed E-state index contributed by atoms with van der Waals surface area (Å²) in [5, 5.41) is 9.67. The number of rotatable bonds is 4. The van der Waals surface area contributed by atoms with E-state index >= 15 is 0 Å². The van der Waals surface area contributed by atoms with E-state index in [2.05, 4.69) is 32.7 Å². The molecule has 0 saturated heterocycles. The van der Waals surface area contributed by atoms with Gasteiger partial charge in [0, 0.05) is 48.0 Å². The van der Waals surface area contributed by atoms with Crippen LogP contribution < -0.4 is 4.74 Å². The molecule has 7 nitrogen and oxygen atoms in total. The number of aryl methyl sites for hydroxylation is 1. The Hall–Kier alpha value is -3.74. The molecule has 5 rings (SSSR count). The number of aromatic carboxylic acids is 1. The Morgan fingerprint density at radius 1 is 0.923 bits per heavy atom. The van der Waals surface area contributed by atoms with Crippen LogP contribution in [0.15, 0.2) is 46.9 Å². The summed E-state index contributed by atoms with van der Waals surface area (Å²) in [7, 11) is 1.58. The molecule has 0 radical (unpaired) electrons. The van der Waals surface area contributed by atoms with E-state index in [-0.39, 0.29) is 28.1 Å². The van der Waals surface area contributed by atoms with Crippen molar-refractivity contribution in [2.75, 3.05) is 7.11 Å². The zero-order valence-corrected chi connectivity index (χ0v) is 23.7. The smallest absolute Gasteiger partial charge is 0.354 e. The molecule has 204 valence electrons. The van der Waals surface area contributed by atoms with E-state index in [0.29, 0.717) is 65.4 Å². The van der Waals surface area contributed by atoms with Crippen molar-refractivity contribution in [3.63, 3.8) is 0 Å². The predicted octanol–water partition coefficient (Wildman–Crippen LogP) is 6.47. The van der Waals surface area contributed by atoms with E-state index in [1.54, 1.807) is 26.2 Å². The third-order valence-corrected chi connectivity index (χ3v) is 8.14. The monoisotopic (exact) mass is 529 g/mol. The van der Waals surface area contributed by atoms with Gasteiger partial charge in [-0.2, -0.15) is 0 Å². The molecule has 2 aromatic rings. The molecule has 1 aromatic carbocycles. The molecule has 0 atom stereocenters. The van der Waals surface area contributed by atoms with Crippen LogP contribution in [0.3, 0.4) is 0 Å². The van der Waals surface area contributed by atoms with Crippen LogP contribution in [0.25, 0.3) is 11.3 Å². The Kier molecular flexibility index (Phi) is 6.32. The quantitative estimate of drug-likeness (QED) is 0.484. The lowest BCUT2D eigenvalue weighted by atomic mass is 9.65.